The Hall–Kier alpha value is -0.280. The molecule has 1 rings (SSSR count). The van der Waals surface area contributed by atoms with E-state index in [9.17, 15) is 0 Å². The zero-order valence-corrected chi connectivity index (χ0v) is 11.8. The van der Waals surface area contributed by atoms with Crippen molar-refractivity contribution in [2.24, 2.45) is 23.3 Å². The van der Waals surface area contributed by atoms with Crippen LogP contribution in [0.25, 0.3) is 0 Å². The highest BCUT2D eigenvalue weighted by atomic mass is 35.5. The Labute approximate surface area is 113 Å². The molecule has 0 spiro atoms. The zero-order valence-electron chi connectivity index (χ0n) is 10.3. The molecule has 0 aliphatic rings. The van der Waals surface area contributed by atoms with Crippen molar-refractivity contribution in [3.05, 3.63) is 33.8 Å². The van der Waals surface area contributed by atoms with Crippen LogP contribution in [0.2, 0.25) is 10.0 Å². The van der Waals surface area contributed by atoms with Gasteiger partial charge in [0.15, 0.2) is 0 Å². The van der Waals surface area contributed by atoms with E-state index in [1.54, 1.807) is 6.07 Å². The quantitative estimate of drug-likeness (QED) is 0.866. The minimum absolute atomic E-state index is 0.290. The van der Waals surface area contributed by atoms with E-state index < -0.39 is 0 Å². The molecule has 0 saturated carbocycles. The number of rotatable bonds is 5. The van der Waals surface area contributed by atoms with Crippen LogP contribution in [0.15, 0.2) is 18.2 Å². The second-order valence-corrected chi connectivity index (χ2v) is 5.39. The molecule has 1 aromatic carbocycles. The summed E-state index contributed by atoms with van der Waals surface area (Å²) in [6, 6.07) is 5.56. The van der Waals surface area contributed by atoms with Crippen LogP contribution in [0.3, 0.4) is 0 Å². The van der Waals surface area contributed by atoms with E-state index in [0.29, 0.717) is 35.9 Å². The standard InChI is InChI=1S/C13H20Cl2N2/c1-8(10(6-16)7-17)9(2)12-5-11(14)3-4-13(12)15/h3-5,8-10H,6-7,16-17H2,1-2H3. The normalized spacial score (nSPS) is 15.0. The molecule has 1 aromatic rings. The van der Waals surface area contributed by atoms with E-state index >= 15 is 0 Å². The van der Waals surface area contributed by atoms with Gasteiger partial charge in [-0.1, -0.05) is 37.0 Å². The first-order chi connectivity index (χ1) is 8.01. The molecule has 0 radical (unpaired) electrons. The maximum absolute atomic E-state index is 6.21. The maximum atomic E-state index is 6.21. The summed E-state index contributed by atoms with van der Waals surface area (Å²) < 4.78 is 0. The van der Waals surface area contributed by atoms with E-state index in [1.807, 2.05) is 12.1 Å². The molecule has 0 fully saturated rings. The first-order valence-corrected chi connectivity index (χ1v) is 6.61. The summed E-state index contributed by atoms with van der Waals surface area (Å²) in [5.74, 6) is 0.972. The minimum Gasteiger partial charge on any atom is -0.330 e. The molecule has 0 aliphatic carbocycles. The average molecular weight is 275 g/mol. The van der Waals surface area contributed by atoms with Gasteiger partial charge in [0, 0.05) is 10.0 Å². The van der Waals surface area contributed by atoms with Crippen LogP contribution in [-0.2, 0) is 0 Å². The highest BCUT2D eigenvalue weighted by molar-refractivity contribution is 6.33. The Balaban J connectivity index is 2.94. The van der Waals surface area contributed by atoms with Crippen LogP contribution in [0.4, 0.5) is 0 Å². The molecule has 0 amide bonds. The maximum Gasteiger partial charge on any atom is 0.0441 e. The fourth-order valence-electron chi connectivity index (χ4n) is 2.08. The number of hydrogen-bond acceptors (Lipinski definition) is 2. The van der Waals surface area contributed by atoms with Gasteiger partial charge >= 0.3 is 0 Å². The van der Waals surface area contributed by atoms with Crippen LogP contribution in [0.1, 0.15) is 25.3 Å². The zero-order chi connectivity index (χ0) is 13.0. The van der Waals surface area contributed by atoms with Gasteiger partial charge in [-0.05, 0) is 54.6 Å². The Morgan fingerprint density at radius 3 is 2.24 bits per heavy atom. The van der Waals surface area contributed by atoms with E-state index in [0.717, 1.165) is 10.6 Å². The van der Waals surface area contributed by atoms with Gasteiger partial charge < -0.3 is 11.5 Å². The molecular weight excluding hydrogens is 255 g/mol. The van der Waals surface area contributed by atoms with E-state index in [-0.39, 0.29) is 0 Å². The van der Waals surface area contributed by atoms with Gasteiger partial charge in [0.1, 0.15) is 0 Å². The first-order valence-electron chi connectivity index (χ1n) is 5.86. The summed E-state index contributed by atoms with van der Waals surface area (Å²) in [5, 5.41) is 1.46. The van der Waals surface area contributed by atoms with Crippen molar-refractivity contribution in [1.82, 2.24) is 0 Å². The lowest BCUT2D eigenvalue weighted by molar-refractivity contribution is 0.328. The molecule has 2 atom stereocenters. The lowest BCUT2D eigenvalue weighted by atomic mass is 9.80. The molecule has 0 heterocycles. The Kier molecular flexibility index (Phi) is 5.74. The topological polar surface area (TPSA) is 52.0 Å². The molecule has 17 heavy (non-hydrogen) atoms. The van der Waals surface area contributed by atoms with Crippen molar-refractivity contribution in [2.45, 2.75) is 19.8 Å². The third-order valence-electron chi connectivity index (χ3n) is 3.59. The summed E-state index contributed by atoms with van der Waals surface area (Å²) in [4.78, 5) is 0. The summed E-state index contributed by atoms with van der Waals surface area (Å²) in [5.41, 5.74) is 12.5. The molecule has 0 saturated heterocycles. The third-order valence-corrected chi connectivity index (χ3v) is 4.17. The highest BCUT2D eigenvalue weighted by Crippen LogP contribution is 2.34. The number of benzene rings is 1. The van der Waals surface area contributed by atoms with Crippen molar-refractivity contribution < 1.29 is 0 Å². The Bertz CT molecular complexity index is 364. The second-order valence-electron chi connectivity index (χ2n) is 4.55. The molecule has 2 unspecified atom stereocenters. The third kappa shape index (κ3) is 3.59. The lowest BCUT2D eigenvalue weighted by Gasteiger charge is -2.28. The number of halogens is 2. The van der Waals surface area contributed by atoms with Crippen LogP contribution >= 0.6 is 23.2 Å². The Morgan fingerprint density at radius 1 is 1.12 bits per heavy atom. The van der Waals surface area contributed by atoms with E-state index in [1.165, 1.54) is 0 Å². The van der Waals surface area contributed by atoms with Gasteiger partial charge in [0.25, 0.3) is 0 Å². The van der Waals surface area contributed by atoms with Gasteiger partial charge in [-0.2, -0.15) is 0 Å². The monoisotopic (exact) mass is 274 g/mol. The van der Waals surface area contributed by atoms with Crippen LogP contribution in [-0.4, -0.2) is 13.1 Å². The summed E-state index contributed by atoms with van der Waals surface area (Å²) >= 11 is 12.2. The van der Waals surface area contributed by atoms with Crippen LogP contribution in [0, 0.1) is 11.8 Å². The summed E-state index contributed by atoms with van der Waals surface area (Å²) in [6.45, 7) is 5.49. The smallest absolute Gasteiger partial charge is 0.0441 e. The van der Waals surface area contributed by atoms with Crippen molar-refractivity contribution >= 4 is 23.2 Å². The van der Waals surface area contributed by atoms with Crippen molar-refractivity contribution in [2.75, 3.05) is 13.1 Å². The van der Waals surface area contributed by atoms with Gasteiger partial charge in [0.2, 0.25) is 0 Å². The molecule has 0 aromatic heterocycles. The van der Waals surface area contributed by atoms with Crippen molar-refractivity contribution in [1.29, 1.82) is 0 Å². The van der Waals surface area contributed by atoms with Gasteiger partial charge in [0.05, 0.1) is 0 Å². The van der Waals surface area contributed by atoms with Gasteiger partial charge in [-0.15, -0.1) is 0 Å². The van der Waals surface area contributed by atoms with Gasteiger partial charge in [-0.25, -0.2) is 0 Å². The molecule has 4 N–H and O–H groups in total. The molecule has 0 aliphatic heterocycles. The van der Waals surface area contributed by atoms with Crippen molar-refractivity contribution in [3.8, 4) is 0 Å². The highest BCUT2D eigenvalue weighted by Gasteiger charge is 2.23. The molecular formula is C13H20Cl2N2. The van der Waals surface area contributed by atoms with Gasteiger partial charge in [-0.3, -0.25) is 0 Å². The minimum atomic E-state index is 0.290. The fourth-order valence-corrected chi connectivity index (χ4v) is 2.55. The molecule has 0 bridgehead atoms. The van der Waals surface area contributed by atoms with Crippen LogP contribution in [0.5, 0.6) is 0 Å². The lowest BCUT2D eigenvalue weighted by Crippen LogP contribution is -2.31. The largest absolute Gasteiger partial charge is 0.330 e. The molecule has 2 nitrogen and oxygen atoms in total. The first kappa shape index (κ1) is 14.8. The number of hydrogen-bond donors (Lipinski definition) is 2. The molecule has 4 heteroatoms. The molecule has 96 valence electrons. The summed E-state index contributed by atoms with van der Waals surface area (Å²) in [7, 11) is 0. The van der Waals surface area contributed by atoms with E-state index in [2.05, 4.69) is 13.8 Å². The van der Waals surface area contributed by atoms with E-state index in [4.69, 9.17) is 34.7 Å². The summed E-state index contributed by atoms with van der Waals surface area (Å²) in [6.07, 6.45) is 0. The van der Waals surface area contributed by atoms with Crippen molar-refractivity contribution in [3.63, 3.8) is 0 Å². The second kappa shape index (κ2) is 6.60. The van der Waals surface area contributed by atoms with Crippen LogP contribution < -0.4 is 11.5 Å². The predicted molar refractivity (Wildman–Crippen MR) is 75.6 cm³/mol. The average Bonchev–Trinajstić information content (AvgIpc) is 2.32. The Morgan fingerprint density at radius 2 is 1.71 bits per heavy atom. The SMILES string of the molecule is CC(c1cc(Cl)ccc1Cl)C(C)C(CN)CN. The predicted octanol–water partition coefficient (Wildman–Crippen LogP) is 3.27. The number of nitrogens with two attached hydrogens (primary N) is 2. The fraction of sp³-hybridized carbons (Fsp3) is 0.538.